The maximum atomic E-state index is 11.8. The van der Waals surface area contributed by atoms with Crippen molar-refractivity contribution in [3.8, 4) is 0 Å². The Labute approximate surface area is 486 Å². The fourth-order valence-electron chi connectivity index (χ4n) is 9.81. The van der Waals surface area contributed by atoms with E-state index in [1.54, 1.807) is 51.0 Å². The number of esters is 5. The number of aromatic amines is 1. The van der Waals surface area contributed by atoms with Crippen LogP contribution in [0.25, 0.3) is 0 Å². The zero-order valence-electron chi connectivity index (χ0n) is 47.6. The molecule has 2 aromatic carbocycles. The summed E-state index contributed by atoms with van der Waals surface area (Å²) in [4.78, 5) is 90.7. The maximum Gasteiger partial charge on any atom is 0.341 e. The van der Waals surface area contributed by atoms with E-state index in [9.17, 15) is 43.5 Å². The van der Waals surface area contributed by atoms with Crippen molar-refractivity contribution in [2.24, 2.45) is 23.7 Å². The van der Waals surface area contributed by atoms with Gasteiger partial charge in [0, 0.05) is 37.4 Å². The first-order valence-corrected chi connectivity index (χ1v) is 28.5. The number of aliphatic carboxylic acids is 1. The third-order valence-corrected chi connectivity index (χ3v) is 14.7. The predicted octanol–water partition coefficient (Wildman–Crippen LogP) is 10.2. The number of hydrogen-bond donors (Lipinski definition) is 3. The molecule has 5 aromatic rings. The molecule has 3 aromatic heterocycles. The Balaban J connectivity index is 0.000000225. The van der Waals surface area contributed by atoms with Crippen LogP contribution in [-0.4, -0.2) is 113 Å². The van der Waals surface area contributed by atoms with E-state index >= 15 is 0 Å². The number of carboxylic acid groups (broad SMARTS) is 1. The monoisotopic (exact) mass is 1150 g/mol. The number of ether oxygens (including phenoxy) is 5. The molecule has 0 aliphatic heterocycles. The van der Waals surface area contributed by atoms with Crippen molar-refractivity contribution in [1.29, 1.82) is 0 Å². The lowest BCUT2D eigenvalue weighted by Gasteiger charge is -2.27. The quantitative estimate of drug-likeness (QED) is 0.0611. The number of carboxylic acids is 1. The summed E-state index contributed by atoms with van der Waals surface area (Å²) in [6, 6.07) is 19.8. The van der Waals surface area contributed by atoms with Crippen LogP contribution in [0.1, 0.15) is 192 Å². The van der Waals surface area contributed by atoms with Crippen molar-refractivity contribution < 1.29 is 72.3 Å². The lowest BCUT2D eigenvalue weighted by molar-refractivity contribution is -0.152. The van der Waals surface area contributed by atoms with E-state index in [4.69, 9.17) is 24.1 Å². The van der Waals surface area contributed by atoms with Crippen molar-refractivity contribution in [3.05, 3.63) is 126 Å². The minimum absolute atomic E-state index is 0. The van der Waals surface area contributed by atoms with Gasteiger partial charge in [0.25, 0.3) is 0 Å². The topological polar surface area (TPSA) is 287 Å². The molecule has 452 valence electrons. The zero-order chi connectivity index (χ0) is 59.2. The molecule has 0 bridgehead atoms. The van der Waals surface area contributed by atoms with Crippen LogP contribution in [0.2, 0.25) is 0 Å². The molecule has 4 aliphatic rings. The molecular formula is C62H84N6O15. The van der Waals surface area contributed by atoms with Crippen LogP contribution in [0.3, 0.4) is 0 Å². The molecule has 4 fully saturated rings. The predicted molar refractivity (Wildman–Crippen MR) is 305 cm³/mol. The maximum absolute atomic E-state index is 11.8. The highest BCUT2D eigenvalue weighted by molar-refractivity contribution is 5.89. The van der Waals surface area contributed by atoms with Gasteiger partial charge < -0.3 is 33.9 Å². The number of aliphatic hydroxyl groups is 1. The molecule has 9 rings (SSSR count). The number of aliphatic hydroxyl groups excluding tert-OH is 1. The van der Waals surface area contributed by atoms with Gasteiger partial charge in [-0.2, -0.15) is 15.3 Å². The number of aromatic nitrogens is 6. The number of carbonyl (C=O) groups is 8. The summed E-state index contributed by atoms with van der Waals surface area (Å²) in [7, 11) is 0. The van der Waals surface area contributed by atoms with E-state index in [1.165, 1.54) is 18.6 Å². The Kier molecular flexibility index (Phi) is 29.9. The normalized spacial score (nSPS) is 20.1. The minimum atomic E-state index is -0.717. The van der Waals surface area contributed by atoms with Crippen LogP contribution in [0.4, 0.5) is 0 Å². The van der Waals surface area contributed by atoms with Gasteiger partial charge in [0.1, 0.15) is 24.8 Å². The minimum Gasteiger partial charge on any atom is -0.481 e. The van der Waals surface area contributed by atoms with Crippen LogP contribution in [0.5, 0.6) is 0 Å². The summed E-state index contributed by atoms with van der Waals surface area (Å²) in [6.07, 6.45) is 21.0. The zero-order valence-corrected chi connectivity index (χ0v) is 47.6. The average molecular weight is 1150 g/mol. The molecule has 21 heteroatoms. The summed E-state index contributed by atoms with van der Waals surface area (Å²) < 4.78 is 28.7. The van der Waals surface area contributed by atoms with Crippen LogP contribution in [0, 0.1) is 23.7 Å². The van der Waals surface area contributed by atoms with Gasteiger partial charge in [-0.15, -0.1) is 0 Å². The van der Waals surface area contributed by atoms with Crippen molar-refractivity contribution >= 4 is 47.4 Å². The number of benzene rings is 2. The fraction of sp³-hybridized carbons (Fsp3) is 0.532. The van der Waals surface area contributed by atoms with Gasteiger partial charge in [-0.1, -0.05) is 68.1 Å². The Morgan fingerprint density at radius 3 is 1.31 bits per heavy atom. The Hall–Kier alpha value is -7.81. The van der Waals surface area contributed by atoms with Gasteiger partial charge in [0.2, 0.25) is 0 Å². The molecule has 0 amide bonds. The molecule has 3 N–H and O–H groups in total. The van der Waals surface area contributed by atoms with E-state index < -0.39 is 5.97 Å². The van der Waals surface area contributed by atoms with Gasteiger partial charge in [-0.05, 0) is 129 Å². The number of nitrogens with zero attached hydrogens (tertiary/aromatic N) is 5. The van der Waals surface area contributed by atoms with Crippen LogP contribution in [0.15, 0.2) is 97.8 Å². The summed E-state index contributed by atoms with van der Waals surface area (Å²) >= 11 is 0. The molecule has 3 heterocycles. The SMILES string of the molecule is C.CCOC(=O)c1cn[nH]c1.CCOC(=O)c1cnn(C2CCC(C(=O)O)CC2)c1.CCOC(=O)c1cnn(C2CCC(C(C)=O)CC2)c1.O=C(OCc1ccccc1)C1CCC(O)CC1.O=C1CCC(C(=O)OCc2ccccc2)CC1. The number of rotatable bonds is 16. The first-order chi connectivity index (χ1) is 39.6. The van der Waals surface area contributed by atoms with E-state index in [2.05, 4.69) is 25.1 Å². The average Bonchev–Trinajstić information content (AvgIpc) is 4.45. The second kappa shape index (κ2) is 36.6. The van der Waals surface area contributed by atoms with Crippen molar-refractivity contribution in [3.63, 3.8) is 0 Å². The summed E-state index contributed by atoms with van der Waals surface area (Å²) in [5.41, 5.74) is 3.41. The summed E-state index contributed by atoms with van der Waals surface area (Å²) in [6.45, 7) is 8.74. The Morgan fingerprint density at radius 1 is 0.530 bits per heavy atom. The van der Waals surface area contributed by atoms with Crippen molar-refractivity contribution in [1.82, 2.24) is 29.8 Å². The molecule has 0 saturated heterocycles. The van der Waals surface area contributed by atoms with Gasteiger partial charge in [0.05, 0.1) is 91.0 Å². The van der Waals surface area contributed by atoms with Gasteiger partial charge in [-0.25, -0.2) is 14.4 Å². The summed E-state index contributed by atoms with van der Waals surface area (Å²) in [5, 5.41) is 32.9. The van der Waals surface area contributed by atoms with E-state index in [0.29, 0.717) is 107 Å². The van der Waals surface area contributed by atoms with E-state index in [0.717, 1.165) is 62.5 Å². The Bertz CT molecular complexity index is 2640. The molecule has 0 spiro atoms. The van der Waals surface area contributed by atoms with E-state index in [1.807, 2.05) is 65.3 Å². The third kappa shape index (κ3) is 23.5. The standard InChI is InChI=1S/C14H20N2O3.C14H18O3.C14H16O3.C13H18N2O4.C6H8N2O2.CH4/c1-3-19-14(18)12-8-15-16(9-12)13-6-4-11(5-7-13)10(2)17;2*15-13-8-6-12(7-9-13)14(16)17-10-11-4-2-1-3-5-11;1-2-19-13(18)10-7-14-15(8-10)11-5-3-9(4-6-11)12(16)17;1-2-10-6(9)5-3-7-8-4-5;/h8-9,11,13H,3-7H2,1-2H3;1-5,12-13,15H,6-10H2;1-5,12H,6-10H2;7-9,11H,2-6H2,1H3,(H,16,17);3-4H,2H2,1H3,(H,7,8);1H4. The lowest BCUT2D eigenvalue weighted by Crippen LogP contribution is -2.25. The summed E-state index contributed by atoms with van der Waals surface area (Å²) in [5.74, 6) is -1.64. The third-order valence-electron chi connectivity index (χ3n) is 14.7. The van der Waals surface area contributed by atoms with Crippen molar-refractivity contribution in [2.75, 3.05) is 19.8 Å². The molecule has 4 aliphatic carbocycles. The van der Waals surface area contributed by atoms with Gasteiger partial charge in [-0.3, -0.25) is 38.4 Å². The highest BCUT2D eigenvalue weighted by Crippen LogP contribution is 2.34. The lowest BCUT2D eigenvalue weighted by atomic mass is 9.84. The Morgan fingerprint density at radius 2 is 0.928 bits per heavy atom. The molecule has 21 nitrogen and oxygen atoms in total. The molecule has 83 heavy (non-hydrogen) atoms. The highest BCUT2D eigenvalue weighted by atomic mass is 16.5. The smallest absolute Gasteiger partial charge is 0.341 e. The second-order valence-electron chi connectivity index (χ2n) is 20.5. The number of Topliss-reactive ketones (excluding diaryl/α,β-unsaturated/α-hetero) is 2. The van der Waals surface area contributed by atoms with Crippen LogP contribution < -0.4 is 0 Å². The van der Waals surface area contributed by atoms with Crippen LogP contribution >= 0.6 is 0 Å². The highest BCUT2D eigenvalue weighted by Gasteiger charge is 2.30. The van der Waals surface area contributed by atoms with Gasteiger partial charge >= 0.3 is 35.8 Å². The first-order valence-electron chi connectivity index (χ1n) is 28.5. The molecule has 4 saturated carbocycles. The fourth-order valence-corrected chi connectivity index (χ4v) is 9.81. The number of ketones is 2. The van der Waals surface area contributed by atoms with Gasteiger partial charge in [0.15, 0.2) is 0 Å². The largest absolute Gasteiger partial charge is 0.481 e. The molecule has 0 unspecified atom stereocenters. The number of H-pyrrole nitrogens is 1. The van der Waals surface area contributed by atoms with E-state index in [-0.39, 0.29) is 84.7 Å². The molecular weight excluding hydrogens is 1070 g/mol. The van der Waals surface area contributed by atoms with Crippen molar-refractivity contribution in [2.45, 2.75) is 169 Å². The second-order valence-corrected chi connectivity index (χ2v) is 20.5. The number of hydrogen-bond acceptors (Lipinski definition) is 17. The number of carbonyl (C=O) groups excluding carboxylic acids is 7. The first kappa shape index (κ1) is 67.7. The molecule has 0 atom stereocenters. The molecule has 0 radical (unpaired) electrons. The number of nitrogens with one attached hydrogen (secondary N) is 1. The van der Waals surface area contributed by atoms with Crippen LogP contribution in [-0.2, 0) is 60.9 Å².